The van der Waals surface area contributed by atoms with E-state index >= 15 is 0 Å². The standard InChI is InChI=1S/C16H20N4O3S2/c1-11(21)17-8-12-4-5-14(25-12)13(22)10-24-16-19-18-15(23-16)9-20-6-2-3-7-20/h4-5H,2-3,6-10H2,1H3,(H,17,21)/p+1. The minimum atomic E-state index is -0.0835. The van der Waals surface area contributed by atoms with E-state index in [1.54, 1.807) is 6.07 Å². The number of nitrogens with one attached hydrogen (secondary N) is 2. The van der Waals surface area contributed by atoms with Crippen molar-refractivity contribution in [1.29, 1.82) is 0 Å². The Hall–Kier alpha value is -1.71. The third-order valence-electron chi connectivity index (χ3n) is 3.93. The topological polar surface area (TPSA) is 89.5 Å². The number of ketones is 1. The van der Waals surface area contributed by atoms with Crippen LogP contribution >= 0.6 is 23.1 Å². The van der Waals surface area contributed by atoms with Crippen molar-refractivity contribution in [2.24, 2.45) is 0 Å². The highest BCUT2D eigenvalue weighted by atomic mass is 32.2. The van der Waals surface area contributed by atoms with E-state index in [4.69, 9.17) is 4.42 Å². The van der Waals surface area contributed by atoms with Gasteiger partial charge < -0.3 is 14.6 Å². The molecule has 134 valence electrons. The predicted octanol–water partition coefficient (Wildman–Crippen LogP) is 0.921. The first-order valence-corrected chi connectivity index (χ1v) is 10.1. The van der Waals surface area contributed by atoms with Gasteiger partial charge in [-0.25, -0.2) is 0 Å². The van der Waals surface area contributed by atoms with Gasteiger partial charge in [0.1, 0.15) is 0 Å². The van der Waals surface area contributed by atoms with Crippen LogP contribution in [0.1, 0.15) is 40.2 Å². The highest BCUT2D eigenvalue weighted by molar-refractivity contribution is 7.99. The molecule has 1 fully saturated rings. The third-order valence-corrected chi connectivity index (χ3v) is 5.88. The number of amides is 1. The van der Waals surface area contributed by atoms with E-state index in [-0.39, 0.29) is 17.4 Å². The first kappa shape index (κ1) is 18.1. The minimum Gasteiger partial charge on any atom is -0.410 e. The Morgan fingerprint density at radius 2 is 2.12 bits per heavy atom. The summed E-state index contributed by atoms with van der Waals surface area (Å²) in [5, 5.41) is 11.2. The van der Waals surface area contributed by atoms with Crippen LogP contribution in [0.3, 0.4) is 0 Å². The number of hydrogen-bond donors (Lipinski definition) is 2. The first-order valence-electron chi connectivity index (χ1n) is 8.25. The molecule has 0 saturated carbocycles. The zero-order chi connectivity index (χ0) is 17.6. The van der Waals surface area contributed by atoms with Gasteiger partial charge in [0.2, 0.25) is 5.91 Å². The summed E-state index contributed by atoms with van der Waals surface area (Å²) in [5.74, 6) is 0.840. The SMILES string of the molecule is CC(=O)NCc1ccc(C(=O)CSc2nnc(C[NH+]3CCCC3)o2)s1. The van der Waals surface area contributed by atoms with Crippen LogP contribution in [0, 0.1) is 0 Å². The molecule has 0 radical (unpaired) electrons. The molecule has 0 unspecified atom stereocenters. The van der Waals surface area contributed by atoms with E-state index in [2.05, 4.69) is 15.5 Å². The molecular formula is C16H21N4O3S2+. The number of rotatable bonds is 8. The predicted molar refractivity (Wildman–Crippen MR) is 94.8 cm³/mol. The molecular weight excluding hydrogens is 360 g/mol. The van der Waals surface area contributed by atoms with Gasteiger partial charge >= 0.3 is 0 Å². The fraction of sp³-hybridized carbons (Fsp3) is 0.500. The highest BCUT2D eigenvalue weighted by Gasteiger charge is 2.19. The Morgan fingerprint density at radius 1 is 1.32 bits per heavy atom. The Bertz CT molecular complexity index is 737. The van der Waals surface area contributed by atoms with Crippen LogP contribution < -0.4 is 10.2 Å². The van der Waals surface area contributed by atoms with Gasteiger partial charge in [-0.2, -0.15) is 0 Å². The fourth-order valence-electron chi connectivity index (χ4n) is 2.67. The van der Waals surface area contributed by atoms with Crippen molar-refractivity contribution in [1.82, 2.24) is 15.5 Å². The van der Waals surface area contributed by atoms with Gasteiger partial charge in [0, 0.05) is 24.6 Å². The summed E-state index contributed by atoms with van der Waals surface area (Å²) in [7, 11) is 0. The van der Waals surface area contributed by atoms with Crippen molar-refractivity contribution < 1.29 is 18.9 Å². The molecule has 2 aromatic rings. The van der Waals surface area contributed by atoms with E-state index in [9.17, 15) is 9.59 Å². The molecule has 0 aromatic carbocycles. The summed E-state index contributed by atoms with van der Waals surface area (Å²) in [6.45, 7) is 5.00. The van der Waals surface area contributed by atoms with Crippen molar-refractivity contribution in [2.45, 2.75) is 38.1 Å². The van der Waals surface area contributed by atoms with Crippen molar-refractivity contribution in [3.8, 4) is 0 Å². The average molecular weight is 382 g/mol. The lowest BCUT2D eigenvalue weighted by Gasteiger charge is -2.07. The molecule has 1 aliphatic heterocycles. The molecule has 7 nitrogen and oxygen atoms in total. The molecule has 1 aliphatic rings. The number of quaternary nitrogens is 1. The van der Waals surface area contributed by atoms with E-state index in [1.165, 1.54) is 47.8 Å². The van der Waals surface area contributed by atoms with E-state index < -0.39 is 0 Å². The zero-order valence-electron chi connectivity index (χ0n) is 14.0. The summed E-state index contributed by atoms with van der Waals surface area (Å²) in [4.78, 5) is 26.3. The largest absolute Gasteiger partial charge is 0.410 e. The second-order valence-electron chi connectivity index (χ2n) is 5.98. The molecule has 2 N–H and O–H groups in total. The molecule has 0 bridgehead atoms. The molecule has 1 amide bonds. The fourth-order valence-corrected chi connectivity index (χ4v) is 4.31. The van der Waals surface area contributed by atoms with Gasteiger partial charge in [-0.3, -0.25) is 9.59 Å². The van der Waals surface area contributed by atoms with Crippen LogP contribution in [-0.2, 0) is 17.9 Å². The Kier molecular flexibility index (Phi) is 6.22. The van der Waals surface area contributed by atoms with Gasteiger partial charge in [0.25, 0.3) is 11.1 Å². The van der Waals surface area contributed by atoms with Crippen LogP contribution in [-0.4, -0.2) is 40.7 Å². The van der Waals surface area contributed by atoms with Crippen LogP contribution in [0.4, 0.5) is 0 Å². The van der Waals surface area contributed by atoms with Crippen molar-refractivity contribution in [3.63, 3.8) is 0 Å². The van der Waals surface area contributed by atoms with E-state index in [1.807, 2.05) is 6.07 Å². The van der Waals surface area contributed by atoms with Crippen molar-refractivity contribution in [2.75, 3.05) is 18.8 Å². The summed E-state index contributed by atoms with van der Waals surface area (Å²) in [6.07, 6.45) is 2.51. The van der Waals surface area contributed by atoms with Crippen molar-refractivity contribution >= 4 is 34.8 Å². The molecule has 25 heavy (non-hydrogen) atoms. The maximum atomic E-state index is 12.3. The smallest absolute Gasteiger partial charge is 0.277 e. The van der Waals surface area contributed by atoms with Crippen molar-refractivity contribution in [3.05, 3.63) is 27.8 Å². The molecule has 9 heteroatoms. The highest BCUT2D eigenvalue weighted by Crippen LogP contribution is 2.22. The Labute approximate surface area is 154 Å². The lowest BCUT2D eigenvalue weighted by atomic mass is 10.3. The molecule has 1 saturated heterocycles. The Balaban J connectivity index is 1.47. The van der Waals surface area contributed by atoms with Gasteiger partial charge in [-0.05, 0) is 12.1 Å². The second kappa shape index (κ2) is 8.59. The van der Waals surface area contributed by atoms with E-state index in [0.29, 0.717) is 22.5 Å². The number of carbonyl (C=O) groups excluding carboxylic acids is 2. The lowest BCUT2D eigenvalue weighted by Crippen LogP contribution is -3.08. The lowest BCUT2D eigenvalue weighted by molar-refractivity contribution is -0.902. The van der Waals surface area contributed by atoms with Gasteiger partial charge in [-0.15, -0.1) is 21.5 Å². The zero-order valence-corrected chi connectivity index (χ0v) is 15.7. The summed E-state index contributed by atoms with van der Waals surface area (Å²) in [6, 6.07) is 3.66. The van der Waals surface area contributed by atoms with Gasteiger partial charge in [0.05, 0.1) is 30.3 Å². The monoisotopic (exact) mass is 381 g/mol. The summed E-state index contributed by atoms with van der Waals surface area (Å²) < 4.78 is 5.63. The van der Waals surface area contributed by atoms with Crippen LogP contribution in [0.25, 0.3) is 0 Å². The van der Waals surface area contributed by atoms with E-state index in [0.717, 1.165) is 24.5 Å². The van der Waals surface area contributed by atoms with Crippen LogP contribution in [0.2, 0.25) is 0 Å². The maximum absolute atomic E-state index is 12.3. The number of carbonyl (C=O) groups is 2. The average Bonchev–Trinajstić information content (AvgIpc) is 3.33. The molecule has 0 spiro atoms. The molecule has 3 rings (SSSR count). The van der Waals surface area contributed by atoms with Gasteiger partial charge in [-0.1, -0.05) is 11.8 Å². The van der Waals surface area contributed by atoms with Crippen LogP contribution in [0.15, 0.2) is 21.8 Å². The number of nitrogens with zero attached hydrogens (tertiary/aromatic N) is 2. The molecule has 3 heterocycles. The normalized spacial score (nSPS) is 14.8. The quantitative estimate of drug-likeness (QED) is 0.522. The molecule has 0 atom stereocenters. The number of aromatic nitrogens is 2. The molecule has 2 aromatic heterocycles. The number of thioether (sulfide) groups is 1. The third kappa shape index (κ3) is 5.38. The number of Topliss-reactive ketones (excluding diaryl/α,β-unsaturated/α-hetero) is 1. The number of likely N-dealkylation sites (tertiary alicyclic amines) is 1. The number of hydrogen-bond acceptors (Lipinski definition) is 7. The molecule has 0 aliphatic carbocycles. The summed E-state index contributed by atoms with van der Waals surface area (Å²) in [5.41, 5.74) is 0. The maximum Gasteiger partial charge on any atom is 0.277 e. The second-order valence-corrected chi connectivity index (χ2v) is 8.08. The summed E-state index contributed by atoms with van der Waals surface area (Å²) >= 11 is 2.66. The van der Waals surface area contributed by atoms with Crippen LogP contribution in [0.5, 0.6) is 0 Å². The van der Waals surface area contributed by atoms with Gasteiger partial charge in [0.15, 0.2) is 12.3 Å². The first-order chi connectivity index (χ1) is 12.1. The number of thiophene rings is 1. The Morgan fingerprint density at radius 3 is 2.88 bits per heavy atom. The minimum absolute atomic E-state index is 0.0222.